The molecule has 1 aliphatic rings. The third-order valence-corrected chi connectivity index (χ3v) is 6.30. The van der Waals surface area contributed by atoms with E-state index in [0.717, 1.165) is 24.9 Å². The largest absolute Gasteiger partial charge is 0.346 e. The van der Waals surface area contributed by atoms with Gasteiger partial charge in [0.15, 0.2) is 0 Å². The lowest BCUT2D eigenvalue weighted by atomic mass is 9.94. The maximum atomic E-state index is 13.4. The van der Waals surface area contributed by atoms with Crippen molar-refractivity contribution in [2.24, 2.45) is 5.92 Å². The monoisotopic (exact) mass is 449 g/mol. The van der Waals surface area contributed by atoms with Crippen molar-refractivity contribution in [2.75, 3.05) is 26.7 Å². The molecule has 1 saturated heterocycles. The fourth-order valence-corrected chi connectivity index (χ4v) is 4.27. The first kappa shape index (κ1) is 24.5. The van der Waals surface area contributed by atoms with Crippen molar-refractivity contribution in [3.05, 3.63) is 71.8 Å². The normalized spacial score (nSPS) is 15.0. The first-order valence-electron chi connectivity index (χ1n) is 11.9. The fourth-order valence-electron chi connectivity index (χ4n) is 4.27. The Morgan fingerprint density at radius 3 is 2.21 bits per heavy atom. The average Bonchev–Trinajstić information content (AvgIpc) is 2.87. The second-order valence-electron chi connectivity index (χ2n) is 8.79. The van der Waals surface area contributed by atoms with Gasteiger partial charge in [-0.2, -0.15) is 0 Å². The molecule has 2 aromatic rings. The van der Waals surface area contributed by atoms with Gasteiger partial charge >= 0.3 is 0 Å². The number of hydrogen-bond donors (Lipinski definition) is 1. The minimum absolute atomic E-state index is 0.0395. The number of likely N-dealkylation sites (tertiary alicyclic amines) is 1. The van der Waals surface area contributed by atoms with Crippen LogP contribution in [0.5, 0.6) is 0 Å². The van der Waals surface area contributed by atoms with Gasteiger partial charge in [-0.1, -0.05) is 61.9 Å². The number of hydrogen-bond acceptors (Lipinski definition) is 3. The van der Waals surface area contributed by atoms with E-state index >= 15 is 0 Å². The van der Waals surface area contributed by atoms with E-state index in [1.54, 1.807) is 17.0 Å². The number of nitrogens with one attached hydrogen (secondary N) is 1. The van der Waals surface area contributed by atoms with Crippen LogP contribution in [-0.4, -0.2) is 60.2 Å². The second kappa shape index (κ2) is 12.2. The summed E-state index contributed by atoms with van der Waals surface area (Å²) in [6.45, 7) is 3.96. The highest BCUT2D eigenvalue weighted by Gasteiger charge is 2.32. The number of unbranched alkanes of at least 4 members (excludes halogenated alkanes) is 1. The molecule has 2 aromatic carbocycles. The zero-order valence-electron chi connectivity index (χ0n) is 19.7. The van der Waals surface area contributed by atoms with Gasteiger partial charge in [0.2, 0.25) is 11.8 Å². The number of nitrogens with zero attached hydrogens (tertiary/aromatic N) is 2. The maximum Gasteiger partial charge on any atom is 0.251 e. The SMILES string of the molecule is CCCCN(C)C(=O)C1CCN(C(=O)C(Cc2ccccc2)NC(=O)c2ccccc2)CC1. The molecule has 3 amide bonds. The van der Waals surface area contributed by atoms with Crippen LogP contribution in [0.2, 0.25) is 0 Å². The first-order chi connectivity index (χ1) is 16.0. The smallest absolute Gasteiger partial charge is 0.251 e. The molecule has 1 fully saturated rings. The number of piperidine rings is 1. The molecule has 0 bridgehead atoms. The Labute approximate surface area is 197 Å². The summed E-state index contributed by atoms with van der Waals surface area (Å²) in [7, 11) is 1.87. The van der Waals surface area contributed by atoms with E-state index in [0.29, 0.717) is 37.9 Å². The van der Waals surface area contributed by atoms with E-state index < -0.39 is 6.04 Å². The molecule has 33 heavy (non-hydrogen) atoms. The fraction of sp³-hybridized carbons (Fsp3) is 0.444. The number of carbonyl (C=O) groups is 3. The Balaban J connectivity index is 1.65. The van der Waals surface area contributed by atoms with E-state index in [2.05, 4.69) is 12.2 Å². The van der Waals surface area contributed by atoms with Crippen LogP contribution in [0.1, 0.15) is 48.5 Å². The molecule has 1 unspecified atom stereocenters. The summed E-state index contributed by atoms with van der Waals surface area (Å²) < 4.78 is 0. The van der Waals surface area contributed by atoms with Gasteiger partial charge in [0.25, 0.3) is 5.91 Å². The van der Waals surface area contributed by atoms with Crippen LogP contribution in [0.4, 0.5) is 0 Å². The van der Waals surface area contributed by atoms with Crippen LogP contribution in [0, 0.1) is 5.92 Å². The van der Waals surface area contributed by atoms with E-state index in [-0.39, 0.29) is 23.6 Å². The van der Waals surface area contributed by atoms with Crippen molar-refractivity contribution in [1.29, 1.82) is 0 Å². The van der Waals surface area contributed by atoms with Crippen molar-refractivity contribution in [3.8, 4) is 0 Å². The molecule has 0 aromatic heterocycles. The highest BCUT2D eigenvalue weighted by molar-refractivity contribution is 5.97. The summed E-state index contributed by atoms with van der Waals surface area (Å²) in [6, 6.07) is 18.0. The Morgan fingerprint density at radius 1 is 1.00 bits per heavy atom. The van der Waals surface area contributed by atoms with Gasteiger partial charge in [-0.25, -0.2) is 0 Å². The quantitative estimate of drug-likeness (QED) is 0.637. The van der Waals surface area contributed by atoms with E-state index in [4.69, 9.17) is 0 Å². The number of amides is 3. The summed E-state index contributed by atoms with van der Waals surface area (Å²) in [4.78, 5) is 42.6. The molecule has 0 spiro atoms. The molecule has 1 aliphatic heterocycles. The molecule has 1 N–H and O–H groups in total. The molecule has 1 heterocycles. The topological polar surface area (TPSA) is 69.7 Å². The Bertz CT molecular complexity index is 909. The van der Waals surface area contributed by atoms with Gasteiger partial charge < -0.3 is 15.1 Å². The van der Waals surface area contributed by atoms with Crippen molar-refractivity contribution in [1.82, 2.24) is 15.1 Å². The Morgan fingerprint density at radius 2 is 1.61 bits per heavy atom. The van der Waals surface area contributed by atoms with Crippen LogP contribution in [0.25, 0.3) is 0 Å². The molecule has 6 nitrogen and oxygen atoms in total. The molecule has 0 radical (unpaired) electrons. The van der Waals surface area contributed by atoms with E-state index in [1.807, 2.05) is 60.5 Å². The molecular formula is C27H35N3O3. The number of rotatable bonds is 9. The van der Waals surface area contributed by atoms with Crippen molar-refractivity contribution in [2.45, 2.75) is 45.1 Å². The van der Waals surface area contributed by atoms with Gasteiger partial charge in [0, 0.05) is 44.6 Å². The summed E-state index contributed by atoms with van der Waals surface area (Å²) in [6.07, 6.45) is 3.80. The van der Waals surface area contributed by atoms with E-state index in [9.17, 15) is 14.4 Å². The van der Waals surface area contributed by atoms with Crippen molar-refractivity contribution < 1.29 is 14.4 Å². The van der Waals surface area contributed by atoms with Crippen LogP contribution < -0.4 is 5.32 Å². The zero-order chi connectivity index (χ0) is 23.6. The van der Waals surface area contributed by atoms with Gasteiger partial charge in [-0.15, -0.1) is 0 Å². The third kappa shape index (κ3) is 6.91. The average molecular weight is 450 g/mol. The summed E-state index contributed by atoms with van der Waals surface area (Å²) in [5, 5.41) is 2.95. The van der Waals surface area contributed by atoms with E-state index in [1.165, 1.54) is 0 Å². The predicted molar refractivity (Wildman–Crippen MR) is 130 cm³/mol. The van der Waals surface area contributed by atoms with Crippen LogP contribution in [0.15, 0.2) is 60.7 Å². The Kier molecular flexibility index (Phi) is 9.04. The number of carbonyl (C=O) groups excluding carboxylic acids is 3. The minimum Gasteiger partial charge on any atom is -0.346 e. The lowest BCUT2D eigenvalue weighted by Crippen LogP contribution is -2.52. The Hall–Kier alpha value is -3.15. The summed E-state index contributed by atoms with van der Waals surface area (Å²) in [5.41, 5.74) is 1.52. The molecule has 3 rings (SSSR count). The molecule has 0 saturated carbocycles. The zero-order valence-corrected chi connectivity index (χ0v) is 19.7. The van der Waals surface area contributed by atoms with Crippen LogP contribution in [0.3, 0.4) is 0 Å². The van der Waals surface area contributed by atoms with Crippen molar-refractivity contribution in [3.63, 3.8) is 0 Å². The highest BCUT2D eigenvalue weighted by Crippen LogP contribution is 2.21. The molecular weight excluding hydrogens is 414 g/mol. The predicted octanol–water partition coefficient (Wildman–Crippen LogP) is 3.52. The summed E-state index contributed by atoms with van der Waals surface area (Å²) >= 11 is 0. The third-order valence-electron chi connectivity index (χ3n) is 6.30. The minimum atomic E-state index is -0.653. The number of benzene rings is 2. The van der Waals surface area contributed by atoms with Gasteiger partial charge in [0.1, 0.15) is 6.04 Å². The maximum absolute atomic E-state index is 13.4. The standard InChI is InChI=1S/C27H35N3O3/c1-3-4-17-29(2)26(32)23-15-18-30(19-16-23)27(33)24(20-21-11-7-5-8-12-21)28-25(31)22-13-9-6-10-14-22/h5-14,23-24H,3-4,15-20H2,1-2H3,(H,28,31). The molecule has 6 heteroatoms. The van der Waals surface area contributed by atoms with Gasteiger partial charge in [-0.3, -0.25) is 14.4 Å². The summed E-state index contributed by atoms with van der Waals surface area (Å²) in [5.74, 6) is -0.211. The molecule has 0 aliphatic carbocycles. The lowest BCUT2D eigenvalue weighted by molar-refractivity contribution is -0.140. The molecule has 1 atom stereocenters. The van der Waals surface area contributed by atoms with Crippen LogP contribution in [-0.2, 0) is 16.0 Å². The van der Waals surface area contributed by atoms with Crippen molar-refractivity contribution >= 4 is 17.7 Å². The van der Waals surface area contributed by atoms with Gasteiger partial charge in [-0.05, 0) is 37.0 Å². The lowest BCUT2D eigenvalue weighted by Gasteiger charge is -2.35. The molecule has 176 valence electrons. The highest BCUT2D eigenvalue weighted by atomic mass is 16.2. The van der Waals surface area contributed by atoms with Gasteiger partial charge in [0.05, 0.1) is 0 Å². The second-order valence-corrected chi connectivity index (χ2v) is 8.79. The van der Waals surface area contributed by atoms with Crippen LogP contribution >= 0.6 is 0 Å². The first-order valence-corrected chi connectivity index (χ1v) is 11.9.